The van der Waals surface area contributed by atoms with Gasteiger partial charge in [0.2, 0.25) is 0 Å². The molecular weight excluding hydrogens is 256 g/mol. The van der Waals surface area contributed by atoms with Crippen molar-refractivity contribution in [2.24, 2.45) is 0 Å². The van der Waals surface area contributed by atoms with Crippen LogP contribution in [-0.4, -0.2) is 23.0 Å². The van der Waals surface area contributed by atoms with Crippen molar-refractivity contribution in [3.63, 3.8) is 0 Å². The molecule has 1 atom stereocenters. The molecule has 0 amide bonds. The molecule has 0 radical (unpaired) electrons. The van der Waals surface area contributed by atoms with Crippen LogP contribution in [0, 0.1) is 0 Å². The third kappa shape index (κ3) is 3.03. The highest BCUT2D eigenvalue weighted by molar-refractivity contribution is 6.10. The highest BCUT2D eigenvalue weighted by Crippen LogP contribution is 2.22. The molecular formula is C16H14O4. The number of aliphatic carboxylic acids is 1. The zero-order chi connectivity index (χ0) is 14.5. The number of ether oxygens (including phenoxy) is 1. The summed E-state index contributed by atoms with van der Waals surface area (Å²) in [7, 11) is 0. The van der Waals surface area contributed by atoms with Gasteiger partial charge in [0.05, 0.1) is 5.56 Å². The normalized spacial score (nSPS) is 11.7. The Hall–Kier alpha value is -2.62. The first kappa shape index (κ1) is 13.8. The van der Waals surface area contributed by atoms with Crippen LogP contribution in [0.5, 0.6) is 5.75 Å². The summed E-state index contributed by atoms with van der Waals surface area (Å²) in [6, 6.07) is 15.4. The smallest absolute Gasteiger partial charge is 0.344 e. The summed E-state index contributed by atoms with van der Waals surface area (Å²) in [5.74, 6) is -0.998. The number of carboxylic acid groups (broad SMARTS) is 1. The number of ketones is 1. The lowest BCUT2D eigenvalue weighted by atomic mass is 10.0. The van der Waals surface area contributed by atoms with E-state index in [0.29, 0.717) is 11.1 Å². The molecule has 0 aliphatic heterocycles. The summed E-state index contributed by atoms with van der Waals surface area (Å²) in [5.41, 5.74) is 0.887. The second-order valence-electron chi connectivity index (χ2n) is 4.29. The van der Waals surface area contributed by atoms with Crippen LogP contribution >= 0.6 is 0 Å². The van der Waals surface area contributed by atoms with E-state index in [9.17, 15) is 9.59 Å². The number of carbonyl (C=O) groups excluding carboxylic acids is 1. The van der Waals surface area contributed by atoms with Crippen molar-refractivity contribution in [1.82, 2.24) is 0 Å². The van der Waals surface area contributed by atoms with Gasteiger partial charge >= 0.3 is 5.97 Å². The molecule has 20 heavy (non-hydrogen) atoms. The van der Waals surface area contributed by atoms with Gasteiger partial charge in [-0.05, 0) is 19.1 Å². The van der Waals surface area contributed by atoms with E-state index in [2.05, 4.69) is 0 Å². The molecule has 1 unspecified atom stereocenters. The molecule has 4 nitrogen and oxygen atoms in total. The standard InChI is InChI=1S/C16H14O4/c1-11(16(18)19)20-14-10-6-5-9-13(14)15(17)12-7-3-2-4-8-12/h2-11H,1H3,(H,18,19). The second kappa shape index (κ2) is 6.02. The predicted molar refractivity (Wildman–Crippen MR) is 74.0 cm³/mol. The molecule has 0 aliphatic rings. The van der Waals surface area contributed by atoms with Crippen molar-refractivity contribution in [3.05, 3.63) is 65.7 Å². The van der Waals surface area contributed by atoms with E-state index in [-0.39, 0.29) is 11.5 Å². The monoisotopic (exact) mass is 270 g/mol. The number of hydrogen-bond donors (Lipinski definition) is 1. The molecule has 0 fully saturated rings. The predicted octanol–water partition coefficient (Wildman–Crippen LogP) is 2.77. The molecule has 0 saturated carbocycles. The fraction of sp³-hybridized carbons (Fsp3) is 0.125. The largest absolute Gasteiger partial charge is 0.479 e. The first-order chi connectivity index (χ1) is 9.59. The summed E-state index contributed by atoms with van der Waals surface area (Å²) in [6.45, 7) is 1.42. The highest BCUT2D eigenvalue weighted by atomic mass is 16.5. The SMILES string of the molecule is CC(Oc1ccccc1C(=O)c1ccccc1)C(=O)O. The van der Waals surface area contributed by atoms with Gasteiger partial charge in [-0.2, -0.15) is 0 Å². The highest BCUT2D eigenvalue weighted by Gasteiger charge is 2.18. The van der Waals surface area contributed by atoms with E-state index in [4.69, 9.17) is 9.84 Å². The Morgan fingerprint density at radius 1 is 1.00 bits per heavy atom. The molecule has 1 N–H and O–H groups in total. The van der Waals surface area contributed by atoms with Crippen LogP contribution in [0.4, 0.5) is 0 Å². The number of para-hydroxylation sites is 1. The van der Waals surface area contributed by atoms with Crippen LogP contribution in [0.3, 0.4) is 0 Å². The third-order valence-corrected chi connectivity index (χ3v) is 2.82. The Morgan fingerprint density at radius 3 is 2.25 bits per heavy atom. The van der Waals surface area contributed by atoms with E-state index in [0.717, 1.165) is 0 Å². The van der Waals surface area contributed by atoms with Crippen molar-refractivity contribution < 1.29 is 19.4 Å². The molecule has 0 spiro atoms. The van der Waals surface area contributed by atoms with Gasteiger partial charge in [-0.25, -0.2) is 4.79 Å². The molecule has 2 aromatic carbocycles. The topological polar surface area (TPSA) is 63.6 Å². The Morgan fingerprint density at radius 2 is 1.60 bits per heavy atom. The Kier molecular flexibility index (Phi) is 4.15. The van der Waals surface area contributed by atoms with Gasteiger partial charge in [0.15, 0.2) is 11.9 Å². The fourth-order valence-corrected chi connectivity index (χ4v) is 1.74. The summed E-state index contributed by atoms with van der Waals surface area (Å²) < 4.78 is 5.33. The van der Waals surface area contributed by atoms with Gasteiger partial charge in [-0.15, -0.1) is 0 Å². The zero-order valence-electron chi connectivity index (χ0n) is 10.9. The number of carboxylic acids is 1. The van der Waals surface area contributed by atoms with E-state index < -0.39 is 12.1 Å². The van der Waals surface area contributed by atoms with Crippen molar-refractivity contribution >= 4 is 11.8 Å². The minimum Gasteiger partial charge on any atom is -0.479 e. The maximum Gasteiger partial charge on any atom is 0.344 e. The van der Waals surface area contributed by atoms with Crippen molar-refractivity contribution in [2.45, 2.75) is 13.0 Å². The number of hydrogen-bond acceptors (Lipinski definition) is 3. The first-order valence-electron chi connectivity index (χ1n) is 6.18. The lowest BCUT2D eigenvalue weighted by molar-refractivity contribution is -0.144. The van der Waals surface area contributed by atoms with Crippen molar-refractivity contribution in [3.8, 4) is 5.75 Å². The van der Waals surface area contributed by atoms with Crippen LogP contribution in [0.2, 0.25) is 0 Å². The van der Waals surface area contributed by atoms with Crippen LogP contribution in [-0.2, 0) is 4.79 Å². The third-order valence-electron chi connectivity index (χ3n) is 2.82. The van der Waals surface area contributed by atoms with E-state index in [1.54, 1.807) is 48.5 Å². The lowest BCUT2D eigenvalue weighted by Gasteiger charge is -2.13. The van der Waals surface area contributed by atoms with Crippen molar-refractivity contribution in [2.75, 3.05) is 0 Å². The summed E-state index contributed by atoms with van der Waals surface area (Å²) >= 11 is 0. The summed E-state index contributed by atoms with van der Waals surface area (Å²) in [5, 5.41) is 8.88. The fourth-order valence-electron chi connectivity index (χ4n) is 1.74. The zero-order valence-corrected chi connectivity index (χ0v) is 10.9. The molecule has 2 rings (SSSR count). The van der Waals surface area contributed by atoms with Crippen LogP contribution in [0.15, 0.2) is 54.6 Å². The first-order valence-corrected chi connectivity index (χ1v) is 6.18. The minimum absolute atomic E-state index is 0.196. The van der Waals surface area contributed by atoms with Gasteiger partial charge in [0.1, 0.15) is 5.75 Å². The van der Waals surface area contributed by atoms with E-state index >= 15 is 0 Å². The maximum absolute atomic E-state index is 12.4. The second-order valence-corrected chi connectivity index (χ2v) is 4.29. The van der Waals surface area contributed by atoms with Gasteiger partial charge < -0.3 is 9.84 Å². The quantitative estimate of drug-likeness (QED) is 0.848. The molecule has 0 heterocycles. The number of rotatable bonds is 5. The molecule has 0 aromatic heterocycles. The average Bonchev–Trinajstić information content (AvgIpc) is 2.48. The van der Waals surface area contributed by atoms with Gasteiger partial charge in [0.25, 0.3) is 0 Å². The van der Waals surface area contributed by atoms with Crippen LogP contribution < -0.4 is 4.74 Å². The number of benzene rings is 2. The van der Waals surface area contributed by atoms with Crippen LogP contribution in [0.1, 0.15) is 22.8 Å². The van der Waals surface area contributed by atoms with Gasteiger partial charge in [-0.1, -0.05) is 42.5 Å². The van der Waals surface area contributed by atoms with E-state index in [1.807, 2.05) is 6.07 Å². The van der Waals surface area contributed by atoms with Crippen LogP contribution in [0.25, 0.3) is 0 Å². The Labute approximate surface area is 116 Å². The number of carbonyl (C=O) groups is 2. The molecule has 2 aromatic rings. The maximum atomic E-state index is 12.4. The summed E-state index contributed by atoms with van der Waals surface area (Å²) in [6.07, 6.45) is -1.01. The summed E-state index contributed by atoms with van der Waals surface area (Å²) in [4.78, 5) is 23.2. The minimum atomic E-state index is -1.08. The molecule has 0 aliphatic carbocycles. The molecule has 0 saturated heterocycles. The van der Waals surface area contributed by atoms with Gasteiger partial charge in [-0.3, -0.25) is 4.79 Å². The lowest BCUT2D eigenvalue weighted by Crippen LogP contribution is -2.23. The molecule has 102 valence electrons. The van der Waals surface area contributed by atoms with E-state index in [1.165, 1.54) is 6.92 Å². The molecule has 0 bridgehead atoms. The Balaban J connectivity index is 2.33. The molecule has 4 heteroatoms. The Bertz CT molecular complexity index is 619. The van der Waals surface area contributed by atoms with Crippen molar-refractivity contribution in [1.29, 1.82) is 0 Å². The average molecular weight is 270 g/mol. The van der Waals surface area contributed by atoms with Gasteiger partial charge in [0, 0.05) is 5.56 Å².